The molecular formula is C13H16N4O3. The molecule has 0 radical (unpaired) electrons. The van der Waals surface area contributed by atoms with E-state index < -0.39 is 4.92 Å². The van der Waals surface area contributed by atoms with Crippen molar-refractivity contribution in [3.05, 3.63) is 45.6 Å². The topological polar surface area (TPSA) is 82.2 Å². The first-order chi connectivity index (χ1) is 9.54. The zero-order valence-corrected chi connectivity index (χ0v) is 11.6. The third-order valence-electron chi connectivity index (χ3n) is 2.87. The highest BCUT2D eigenvalue weighted by Crippen LogP contribution is 2.34. The van der Waals surface area contributed by atoms with Gasteiger partial charge in [-0.1, -0.05) is 18.2 Å². The van der Waals surface area contributed by atoms with Gasteiger partial charge in [0.2, 0.25) is 0 Å². The summed E-state index contributed by atoms with van der Waals surface area (Å²) in [5.74, 6) is 0.712. The Balaban J connectivity index is 2.43. The van der Waals surface area contributed by atoms with Crippen LogP contribution in [-0.2, 0) is 13.6 Å². The number of nitrogens with one attached hydrogen (secondary N) is 1. The van der Waals surface area contributed by atoms with Gasteiger partial charge >= 0.3 is 5.69 Å². The van der Waals surface area contributed by atoms with Crippen LogP contribution in [-0.4, -0.2) is 21.8 Å². The maximum atomic E-state index is 11.1. The van der Waals surface area contributed by atoms with Crippen LogP contribution in [0.4, 0.5) is 5.69 Å². The number of benzene rings is 1. The van der Waals surface area contributed by atoms with Crippen molar-refractivity contribution >= 4 is 5.69 Å². The molecule has 0 aliphatic carbocycles. The molecular weight excluding hydrogens is 260 g/mol. The molecule has 2 rings (SSSR count). The molecule has 0 unspecified atom stereocenters. The molecule has 7 nitrogen and oxygen atoms in total. The van der Waals surface area contributed by atoms with Crippen LogP contribution < -0.4 is 10.1 Å². The Bertz CT molecular complexity index is 637. The molecule has 20 heavy (non-hydrogen) atoms. The third kappa shape index (κ3) is 2.62. The average molecular weight is 276 g/mol. The highest BCUT2D eigenvalue weighted by molar-refractivity contribution is 5.48. The Morgan fingerprint density at radius 2 is 2.15 bits per heavy atom. The number of para-hydroxylation sites is 1. The highest BCUT2D eigenvalue weighted by atomic mass is 16.6. The minimum Gasteiger partial charge on any atom is -0.434 e. The van der Waals surface area contributed by atoms with Crippen LogP contribution in [0.25, 0.3) is 0 Å². The SMILES string of the molecule is CNCc1ccccc1Oc1c([N+](=O)[O-])c(C)nn1C. The minimum atomic E-state index is -0.474. The minimum absolute atomic E-state index is 0.105. The lowest BCUT2D eigenvalue weighted by atomic mass is 10.2. The normalized spacial score (nSPS) is 10.6. The van der Waals surface area contributed by atoms with Crippen molar-refractivity contribution < 1.29 is 9.66 Å². The third-order valence-corrected chi connectivity index (χ3v) is 2.87. The second-order valence-electron chi connectivity index (χ2n) is 4.36. The van der Waals surface area contributed by atoms with Crippen LogP contribution in [0.1, 0.15) is 11.3 Å². The van der Waals surface area contributed by atoms with Crippen molar-refractivity contribution in [1.29, 1.82) is 0 Å². The summed E-state index contributed by atoms with van der Waals surface area (Å²) >= 11 is 0. The summed E-state index contributed by atoms with van der Waals surface area (Å²) in [5.41, 5.74) is 1.15. The summed E-state index contributed by atoms with van der Waals surface area (Å²) in [7, 11) is 3.45. The van der Waals surface area contributed by atoms with Gasteiger partial charge in [0.25, 0.3) is 5.88 Å². The summed E-state index contributed by atoms with van der Waals surface area (Å²) in [6, 6.07) is 7.39. The van der Waals surface area contributed by atoms with Crippen molar-refractivity contribution in [3.63, 3.8) is 0 Å². The van der Waals surface area contributed by atoms with Gasteiger partial charge in [-0.2, -0.15) is 5.10 Å². The number of hydrogen-bond donors (Lipinski definition) is 1. The van der Waals surface area contributed by atoms with Crippen LogP contribution in [0.3, 0.4) is 0 Å². The summed E-state index contributed by atoms with van der Waals surface area (Å²) in [5, 5.41) is 18.2. The molecule has 0 saturated heterocycles. The largest absolute Gasteiger partial charge is 0.434 e. The molecule has 106 valence electrons. The molecule has 0 amide bonds. The summed E-state index contributed by atoms with van der Waals surface area (Å²) in [4.78, 5) is 10.6. The van der Waals surface area contributed by atoms with Gasteiger partial charge in [-0.15, -0.1) is 0 Å². The first kappa shape index (κ1) is 14.0. The quantitative estimate of drug-likeness (QED) is 0.668. The molecule has 1 N–H and O–H groups in total. The van der Waals surface area contributed by atoms with Crippen LogP contribution >= 0.6 is 0 Å². The Kier molecular flexibility index (Phi) is 3.99. The van der Waals surface area contributed by atoms with E-state index in [1.54, 1.807) is 20.0 Å². The number of nitro groups is 1. The lowest BCUT2D eigenvalue weighted by Crippen LogP contribution is -2.07. The van der Waals surface area contributed by atoms with Crippen molar-refractivity contribution in [1.82, 2.24) is 15.1 Å². The number of rotatable bonds is 5. The van der Waals surface area contributed by atoms with Crippen LogP contribution in [0.15, 0.2) is 24.3 Å². The van der Waals surface area contributed by atoms with Crippen LogP contribution in [0, 0.1) is 17.0 Å². The maximum absolute atomic E-state index is 11.1. The maximum Gasteiger partial charge on any atom is 0.353 e. The fraction of sp³-hybridized carbons (Fsp3) is 0.308. The molecule has 2 aromatic rings. The standard InChI is InChI=1S/C13H16N4O3/c1-9-12(17(18)19)13(16(3)15-9)20-11-7-5-4-6-10(11)8-14-2/h4-7,14H,8H2,1-3H3. The van der Waals surface area contributed by atoms with Gasteiger partial charge < -0.3 is 10.1 Å². The van der Waals surface area contributed by atoms with Crippen molar-refractivity contribution in [2.45, 2.75) is 13.5 Å². The van der Waals surface area contributed by atoms with Crippen molar-refractivity contribution in [3.8, 4) is 11.6 Å². The number of ether oxygens (including phenoxy) is 1. The predicted molar refractivity (Wildman–Crippen MR) is 73.9 cm³/mol. The van der Waals surface area contributed by atoms with Crippen molar-refractivity contribution in [2.24, 2.45) is 7.05 Å². The van der Waals surface area contributed by atoms with Gasteiger partial charge in [0, 0.05) is 19.2 Å². The fourth-order valence-electron chi connectivity index (χ4n) is 1.99. The van der Waals surface area contributed by atoms with E-state index >= 15 is 0 Å². The zero-order chi connectivity index (χ0) is 14.7. The first-order valence-electron chi connectivity index (χ1n) is 6.13. The Hall–Kier alpha value is -2.41. The molecule has 0 fully saturated rings. The van der Waals surface area contributed by atoms with Gasteiger partial charge in [0.15, 0.2) is 0 Å². The molecule has 1 aromatic carbocycles. The molecule has 0 atom stereocenters. The summed E-state index contributed by atoms with van der Waals surface area (Å²) < 4.78 is 7.10. The second-order valence-corrected chi connectivity index (χ2v) is 4.36. The number of aryl methyl sites for hydroxylation is 2. The molecule has 0 spiro atoms. The number of aromatic nitrogens is 2. The number of nitrogens with zero attached hydrogens (tertiary/aromatic N) is 3. The molecule has 1 aromatic heterocycles. The number of hydrogen-bond acceptors (Lipinski definition) is 5. The van der Waals surface area contributed by atoms with Gasteiger partial charge in [0.1, 0.15) is 11.4 Å². The van der Waals surface area contributed by atoms with Crippen LogP contribution in [0.5, 0.6) is 11.6 Å². The van der Waals surface area contributed by atoms with E-state index in [1.165, 1.54) is 4.68 Å². The van der Waals surface area contributed by atoms with E-state index in [4.69, 9.17) is 4.74 Å². The van der Waals surface area contributed by atoms with E-state index in [9.17, 15) is 10.1 Å². The molecule has 0 bridgehead atoms. The lowest BCUT2D eigenvalue weighted by molar-refractivity contribution is -0.386. The van der Waals surface area contributed by atoms with E-state index in [0.29, 0.717) is 18.0 Å². The summed E-state index contributed by atoms with van der Waals surface area (Å²) in [6.45, 7) is 2.20. The molecule has 0 aliphatic heterocycles. The summed E-state index contributed by atoms with van der Waals surface area (Å²) in [6.07, 6.45) is 0. The fourth-order valence-corrected chi connectivity index (χ4v) is 1.99. The van der Waals surface area contributed by atoms with Crippen LogP contribution in [0.2, 0.25) is 0 Å². The van der Waals surface area contributed by atoms with Gasteiger partial charge in [0.05, 0.1) is 4.92 Å². The van der Waals surface area contributed by atoms with Gasteiger partial charge in [-0.3, -0.25) is 10.1 Å². The Morgan fingerprint density at radius 3 is 2.80 bits per heavy atom. The lowest BCUT2D eigenvalue weighted by Gasteiger charge is -2.10. The molecule has 1 heterocycles. The van der Waals surface area contributed by atoms with E-state index in [0.717, 1.165) is 5.56 Å². The molecule has 0 aliphatic rings. The van der Waals surface area contributed by atoms with E-state index in [-0.39, 0.29) is 11.6 Å². The first-order valence-corrected chi connectivity index (χ1v) is 6.13. The molecule has 0 saturated carbocycles. The van der Waals surface area contributed by atoms with E-state index in [2.05, 4.69) is 10.4 Å². The monoisotopic (exact) mass is 276 g/mol. The smallest absolute Gasteiger partial charge is 0.353 e. The highest BCUT2D eigenvalue weighted by Gasteiger charge is 2.26. The predicted octanol–water partition coefficient (Wildman–Crippen LogP) is 2.15. The van der Waals surface area contributed by atoms with E-state index in [1.807, 2.05) is 25.2 Å². The Labute approximate surface area is 116 Å². The average Bonchev–Trinajstić information content (AvgIpc) is 2.67. The Morgan fingerprint density at radius 1 is 1.45 bits per heavy atom. The van der Waals surface area contributed by atoms with Gasteiger partial charge in [-0.05, 0) is 20.0 Å². The van der Waals surface area contributed by atoms with Gasteiger partial charge in [-0.25, -0.2) is 4.68 Å². The molecule has 7 heteroatoms. The van der Waals surface area contributed by atoms with Crippen molar-refractivity contribution in [2.75, 3.05) is 7.05 Å². The zero-order valence-electron chi connectivity index (χ0n) is 11.6. The second kappa shape index (κ2) is 5.70.